The maximum Gasteiger partial charge on any atom is 0.305 e. The molecule has 1 aliphatic carbocycles. The van der Waals surface area contributed by atoms with Gasteiger partial charge in [-0.2, -0.15) is 4.98 Å². The largest absolute Gasteiger partial charge is 0.492 e. The number of carbonyl (C=O) groups is 1. The van der Waals surface area contributed by atoms with Crippen LogP contribution in [0.4, 0.5) is 6.01 Å². The number of fused-ring (bicyclic) bond motifs is 2. The summed E-state index contributed by atoms with van der Waals surface area (Å²) in [6, 6.07) is 16.1. The smallest absolute Gasteiger partial charge is 0.305 e. The molecule has 1 aromatic heterocycles. The molecule has 1 unspecified atom stereocenters. The Bertz CT molecular complexity index is 912. The zero-order valence-corrected chi connectivity index (χ0v) is 13.7. The summed E-state index contributed by atoms with van der Waals surface area (Å²) in [7, 11) is 0. The highest BCUT2D eigenvalue weighted by Gasteiger charge is 2.40. The van der Waals surface area contributed by atoms with E-state index in [1.54, 1.807) is 4.90 Å². The van der Waals surface area contributed by atoms with E-state index in [0.717, 1.165) is 29.7 Å². The van der Waals surface area contributed by atoms with E-state index in [9.17, 15) is 4.79 Å². The molecular weight excluding hydrogens is 316 g/mol. The van der Waals surface area contributed by atoms with Gasteiger partial charge in [0, 0.05) is 6.04 Å². The normalized spacial score (nSPS) is 19.3. The summed E-state index contributed by atoms with van der Waals surface area (Å²) in [5.74, 6) is 0.723. The molecule has 2 heterocycles. The van der Waals surface area contributed by atoms with Gasteiger partial charge in [-0.3, -0.25) is 9.69 Å². The van der Waals surface area contributed by atoms with E-state index in [-0.39, 0.29) is 17.9 Å². The average Bonchev–Trinajstić information content (AvgIpc) is 3.39. The molecule has 0 N–H and O–H groups in total. The van der Waals surface area contributed by atoms with Crippen LogP contribution in [-0.4, -0.2) is 23.5 Å². The third-order valence-corrected chi connectivity index (χ3v) is 4.87. The van der Waals surface area contributed by atoms with Crippen molar-refractivity contribution in [3.63, 3.8) is 0 Å². The summed E-state index contributed by atoms with van der Waals surface area (Å²) in [5, 5.41) is 0. The first kappa shape index (κ1) is 14.5. The number of benzene rings is 2. The van der Waals surface area contributed by atoms with Crippen molar-refractivity contribution >= 4 is 23.0 Å². The molecule has 1 amide bonds. The standard InChI is InChI=1S/C20H18N2O3/c23-19(14-11-13-5-1-3-7-17(13)24-12-14)22(15-9-10-15)20-21-16-6-2-4-8-18(16)25-20/h1-8,14-15H,9-12H2. The molecule has 126 valence electrons. The SMILES string of the molecule is O=C(C1COc2ccccc2C1)N(c1nc2ccccc2o1)C1CC1. The lowest BCUT2D eigenvalue weighted by molar-refractivity contribution is -0.124. The summed E-state index contributed by atoms with van der Waals surface area (Å²) in [6.45, 7) is 0.402. The number of aromatic nitrogens is 1. The molecule has 1 aliphatic heterocycles. The van der Waals surface area contributed by atoms with Crippen LogP contribution >= 0.6 is 0 Å². The number of ether oxygens (including phenoxy) is 1. The summed E-state index contributed by atoms with van der Waals surface area (Å²) in [5.41, 5.74) is 2.57. The Morgan fingerprint density at radius 1 is 1.08 bits per heavy atom. The van der Waals surface area contributed by atoms with Crippen LogP contribution < -0.4 is 9.64 Å². The van der Waals surface area contributed by atoms with Gasteiger partial charge in [-0.05, 0) is 43.0 Å². The van der Waals surface area contributed by atoms with Gasteiger partial charge >= 0.3 is 6.01 Å². The quantitative estimate of drug-likeness (QED) is 0.735. The van der Waals surface area contributed by atoms with E-state index in [2.05, 4.69) is 4.98 Å². The molecule has 5 rings (SSSR count). The molecule has 0 bridgehead atoms. The third kappa shape index (κ3) is 2.56. The minimum Gasteiger partial charge on any atom is -0.492 e. The van der Waals surface area contributed by atoms with Crippen LogP contribution in [0.5, 0.6) is 5.75 Å². The number of nitrogens with zero attached hydrogens (tertiary/aromatic N) is 2. The van der Waals surface area contributed by atoms with Crippen molar-refractivity contribution in [2.24, 2.45) is 5.92 Å². The molecule has 25 heavy (non-hydrogen) atoms. The molecule has 5 nitrogen and oxygen atoms in total. The molecule has 0 saturated heterocycles. The van der Waals surface area contributed by atoms with Crippen molar-refractivity contribution in [3.8, 4) is 5.75 Å². The second kappa shape index (κ2) is 5.62. The minimum atomic E-state index is -0.203. The summed E-state index contributed by atoms with van der Waals surface area (Å²) < 4.78 is 11.7. The number of rotatable bonds is 3. The molecule has 5 heteroatoms. The lowest BCUT2D eigenvalue weighted by Crippen LogP contribution is -2.42. The van der Waals surface area contributed by atoms with Crippen LogP contribution in [0.2, 0.25) is 0 Å². The number of hydrogen-bond donors (Lipinski definition) is 0. The van der Waals surface area contributed by atoms with Crippen LogP contribution in [0.1, 0.15) is 18.4 Å². The van der Waals surface area contributed by atoms with Gasteiger partial charge in [0.25, 0.3) is 0 Å². The van der Waals surface area contributed by atoms with Gasteiger partial charge < -0.3 is 9.15 Å². The zero-order valence-electron chi connectivity index (χ0n) is 13.7. The van der Waals surface area contributed by atoms with Crippen molar-refractivity contribution in [1.29, 1.82) is 0 Å². The number of para-hydroxylation sites is 3. The Kier molecular flexibility index (Phi) is 3.26. The fourth-order valence-electron chi connectivity index (χ4n) is 3.41. The second-order valence-electron chi connectivity index (χ2n) is 6.72. The van der Waals surface area contributed by atoms with Crippen molar-refractivity contribution in [3.05, 3.63) is 54.1 Å². The molecule has 0 spiro atoms. The van der Waals surface area contributed by atoms with E-state index in [4.69, 9.17) is 9.15 Å². The summed E-state index contributed by atoms with van der Waals surface area (Å²) in [6.07, 6.45) is 2.68. The van der Waals surface area contributed by atoms with Crippen LogP contribution in [0.3, 0.4) is 0 Å². The Labute approximate surface area is 145 Å². The highest BCUT2D eigenvalue weighted by molar-refractivity contribution is 5.95. The zero-order chi connectivity index (χ0) is 16.8. The Morgan fingerprint density at radius 2 is 1.88 bits per heavy atom. The number of carbonyl (C=O) groups excluding carboxylic acids is 1. The average molecular weight is 334 g/mol. The van der Waals surface area contributed by atoms with Crippen molar-refractivity contribution < 1.29 is 13.9 Å². The first-order chi connectivity index (χ1) is 12.3. The predicted octanol–water partition coefficient (Wildman–Crippen LogP) is 3.57. The lowest BCUT2D eigenvalue weighted by Gasteiger charge is -2.28. The fraction of sp³-hybridized carbons (Fsp3) is 0.300. The Morgan fingerprint density at radius 3 is 2.72 bits per heavy atom. The Balaban J connectivity index is 1.46. The van der Waals surface area contributed by atoms with Gasteiger partial charge in [0.1, 0.15) is 17.9 Å². The first-order valence-corrected chi connectivity index (χ1v) is 8.69. The Hall–Kier alpha value is -2.82. The van der Waals surface area contributed by atoms with Gasteiger partial charge in [-0.1, -0.05) is 30.3 Å². The van der Waals surface area contributed by atoms with E-state index in [1.807, 2.05) is 48.5 Å². The minimum absolute atomic E-state index is 0.0450. The highest BCUT2D eigenvalue weighted by Crippen LogP contribution is 2.36. The number of oxazole rings is 1. The van der Waals surface area contributed by atoms with Crippen LogP contribution in [0, 0.1) is 5.92 Å². The third-order valence-electron chi connectivity index (χ3n) is 4.87. The number of hydrogen-bond acceptors (Lipinski definition) is 4. The predicted molar refractivity (Wildman–Crippen MR) is 93.6 cm³/mol. The van der Waals surface area contributed by atoms with Gasteiger partial charge in [0.05, 0.1) is 5.92 Å². The molecule has 2 aromatic carbocycles. The number of amides is 1. The van der Waals surface area contributed by atoms with Crippen molar-refractivity contribution in [2.45, 2.75) is 25.3 Å². The molecule has 1 saturated carbocycles. The first-order valence-electron chi connectivity index (χ1n) is 8.69. The van der Waals surface area contributed by atoms with Crippen LogP contribution in [0.25, 0.3) is 11.1 Å². The van der Waals surface area contributed by atoms with Crippen LogP contribution in [0.15, 0.2) is 52.9 Å². The molecule has 3 aromatic rings. The topological polar surface area (TPSA) is 55.6 Å². The fourth-order valence-corrected chi connectivity index (χ4v) is 3.41. The summed E-state index contributed by atoms with van der Waals surface area (Å²) in [4.78, 5) is 19.5. The lowest BCUT2D eigenvalue weighted by atomic mass is 9.95. The van der Waals surface area contributed by atoms with Gasteiger partial charge in [-0.15, -0.1) is 0 Å². The van der Waals surface area contributed by atoms with E-state index < -0.39 is 0 Å². The van der Waals surface area contributed by atoms with Crippen molar-refractivity contribution in [2.75, 3.05) is 11.5 Å². The van der Waals surface area contributed by atoms with Gasteiger partial charge in [0.15, 0.2) is 5.58 Å². The van der Waals surface area contributed by atoms with E-state index >= 15 is 0 Å². The van der Waals surface area contributed by atoms with Gasteiger partial charge in [-0.25, -0.2) is 0 Å². The molecule has 1 atom stereocenters. The van der Waals surface area contributed by atoms with E-state index in [1.165, 1.54) is 0 Å². The monoisotopic (exact) mass is 334 g/mol. The number of anilines is 1. The van der Waals surface area contributed by atoms with Gasteiger partial charge in [0.2, 0.25) is 5.91 Å². The molecule has 1 fully saturated rings. The maximum atomic E-state index is 13.2. The molecule has 0 radical (unpaired) electrons. The van der Waals surface area contributed by atoms with E-state index in [0.29, 0.717) is 24.6 Å². The van der Waals surface area contributed by atoms with Crippen LogP contribution in [-0.2, 0) is 11.2 Å². The van der Waals surface area contributed by atoms with Crippen molar-refractivity contribution in [1.82, 2.24) is 4.98 Å². The maximum absolute atomic E-state index is 13.2. The molecular formula is C20H18N2O3. The molecule has 2 aliphatic rings. The highest BCUT2D eigenvalue weighted by atomic mass is 16.5. The summed E-state index contributed by atoms with van der Waals surface area (Å²) >= 11 is 0. The second-order valence-corrected chi connectivity index (χ2v) is 6.72.